The first-order valence-corrected chi connectivity index (χ1v) is 5.69. The molecule has 2 atom stereocenters. The summed E-state index contributed by atoms with van der Waals surface area (Å²) in [6.07, 6.45) is 5.30. The van der Waals surface area contributed by atoms with E-state index in [9.17, 15) is 0 Å². The van der Waals surface area contributed by atoms with Gasteiger partial charge in [0.2, 0.25) is 0 Å². The summed E-state index contributed by atoms with van der Waals surface area (Å²) in [5.41, 5.74) is 0. The minimum atomic E-state index is 0.835. The fourth-order valence-electron chi connectivity index (χ4n) is 1.79. The van der Waals surface area contributed by atoms with Crippen LogP contribution in [-0.4, -0.2) is 25.8 Å². The largest absolute Gasteiger partial charge is 0.382 e. The Morgan fingerprint density at radius 3 is 2.92 bits per heavy atom. The molecule has 0 aromatic carbocycles. The van der Waals surface area contributed by atoms with E-state index in [4.69, 9.17) is 4.74 Å². The van der Waals surface area contributed by atoms with Crippen molar-refractivity contribution < 1.29 is 4.74 Å². The summed E-state index contributed by atoms with van der Waals surface area (Å²) in [5.74, 6) is 0.983. The van der Waals surface area contributed by atoms with Crippen LogP contribution in [0.4, 0.5) is 0 Å². The molecule has 0 bridgehead atoms. The zero-order valence-electron chi connectivity index (χ0n) is 9.01. The molecule has 0 saturated heterocycles. The van der Waals surface area contributed by atoms with Crippen molar-refractivity contribution in [1.29, 1.82) is 0 Å². The third-order valence-electron chi connectivity index (χ3n) is 2.66. The first-order valence-electron chi connectivity index (χ1n) is 5.69. The minimum absolute atomic E-state index is 0.835. The van der Waals surface area contributed by atoms with Gasteiger partial charge in [-0.05, 0) is 38.6 Å². The molecule has 0 aromatic heterocycles. The summed E-state index contributed by atoms with van der Waals surface area (Å²) in [5, 5.41) is 3.57. The monoisotopic (exact) mass is 185 g/mol. The van der Waals surface area contributed by atoms with Gasteiger partial charge >= 0.3 is 0 Å². The van der Waals surface area contributed by atoms with Crippen LogP contribution in [-0.2, 0) is 4.74 Å². The molecule has 0 spiro atoms. The summed E-state index contributed by atoms with van der Waals surface area (Å²) >= 11 is 0. The van der Waals surface area contributed by atoms with Gasteiger partial charge in [-0.1, -0.05) is 13.3 Å². The molecule has 1 saturated carbocycles. The number of ether oxygens (including phenoxy) is 1. The molecule has 0 heterocycles. The molecule has 0 amide bonds. The first-order chi connectivity index (χ1) is 6.38. The van der Waals surface area contributed by atoms with Crippen LogP contribution in [0.2, 0.25) is 0 Å². The van der Waals surface area contributed by atoms with E-state index in [1.807, 2.05) is 6.92 Å². The van der Waals surface area contributed by atoms with E-state index in [1.165, 1.54) is 19.3 Å². The highest BCUT2D eigenvalue weighted by Crippen LogP contribution is 2.34. The molecule has 0 radical (unpaired) electrons. The van der Waals surface area contributed by atoms with Crippen LogP contribution in [0, 0.1) is 5.92 Å². The van der Waals surface area contributed by atoms with Crippen molar-refractivity contribution in [3.8, 4) is 0 Å². The number of hydrogen-bond acceptors (Lipinski definition) is 2. The van der Waals surface area contributed by atoms with Gasteiger partial charge in [-0.2, -0.15) is 0 Å². The molecule has 0 aliphatic heterocycles. The van der Waals surface area contributed by atoms with Gasteiger partial charge in [0.25, 0.3) is 0 Å². The lowest BCUT2D eigenvalue weighted by Gasteiger charge is -2.03. The Hall–Kier alpha value is -0.0800. The number of hydrogen-bond donors (Lipinski definition) is 1. The highest BCUT2D eigenvalue weighted by atomic mass is 16.5. The van der Waals surface area contributed by atoms with Crippen LogP contribution in [0.3, 0.4) is 0 Å². The summed E-state index contributed by atoms with van der Waals surface area (Å²) < 4.78 is 5.27. The normalized spacial score (nSPS) is 26.3. The second-order valence-corrected chi connectivity index (χ2v) is 3.90. The topological polar surface area (TPSA) is 21.3 Å². The Morgan fingerprint density at radius 1 is 1.38 bits per heavy atom. The van der Waals surface area contributed by atoms with Crippen LogP contribution in [0.5, 0.6) is 0 Å². The zero-order chi connectivity index (χ0) is 9.52. The minimum Gasteiger partial charge on any atom is -0.382 e. The van der Waals surface area contributed by atoms with Crippen molar-refractivity contribution in [3.63, 3.8) is 0 Å². The number of nitrogens with one attached hydrogen (secondary N) is 1. The molecule has 78 valence electrons. The molecule has 0 aromatic rings. The zero-order valence-corrected chi connectivity index (χ0v) is 9.01. The summed E-state index contributed by atoms with van der Waals surface area (Å²) in [6.45, 7) is 7.21. The quantitative estimate of drug-likeness (QED) is 0.585. The van der Waals surface area contributed by atoms with Crippen molar-refractivity contribution in [3.05, 3.63) is 0 Å². The molecule has 1 rings (SSSR count). The van der Waals surface area contributed by atoms with Gasteiger partial charge < -0.3 is 10.1 Å². The molecule has 2 nitrogen and oxygen atoms in total. The molecule has 1 aliphatic rings. The molecule has 1 fully saturated rings. The second kappa shape index (κ2) is 6.39. The predicted molar refractivity (Wildman–Crippen MR) is 55.9 cm³/mol. The fraction of sp³-hybridized carbons (Fsp3) is 1.00. The Bertz CT molecular complexity index is 127. The Labute approximate surface area is 82.0 Å². The second-order valence-electron chi connectivity index (χ2n) is 3.90. The van der Waals surface area contributed by atoms with Crippen LogP contribution in [0.25, 0.3) is 0 Å². The van der Waals surface area contributed by atoms with Gasteiger partial charge in [-0.15, -0.1) is 0 Å². The Kier molecular flexibility index (Phi) is 5.40. The highest BCUT2D eigenvalue weighted by Gasteiger charge is 2.34. The van der Waals surface area contributed by atoms with Gasteiger partial charge in [0.15, 0.2) is 0 Å². The van der Waals surface area contributed by atoms with Gasteiger partial charge in [-0.3, -0.25) is 0 Å². The molecule has 1 aliphatic carbocycles. The van der Waals surface area contributed by atoms with E-state index < -0.39 is 0 Å². The molecule has 2 unspecified atom stereocenters. The SMILES string of the molecule is CCCC1CC1NCCCOCC. The lowest BCUT2D eigenvalue weighted by Crippen LogP contribution is -2.20. The average Bonchev–Trinajstić information content (AvgIpc) is 2.84. The summed E-state index contributed by atoms with van der Waals surface area (Å²) in [7, 11) is 0. The van der Waals surface area contributed by atoms with Crippen molar-refractivity contribution in [2.45, 2.75) is 45.6 Å². The van der Waals surface area contributed by atoms with E-state index in [0.717, 1.165) is 38.1 Å². The predicted octanol–water partition coefficient (Wildman–Crippen LogP) is 2.19. The van der Waals surface area contributed by atoms with Crippen molar-refractivity contribution >= 4 is 0 Å². The lowest BCUT2D eigenvalue weighted by molar-refractivity contribution is 0.144. The molecular weight excluding hydrogens is 162 g/mol. The third kappa shape index (κ3) is 4.63. The van der Waals surface area contributed by atoms with Crippen LogP contribution >= 0.6 is 0 Å². The Balaban J connectivity index is 1.80. The van der Waals surface area contributed by atoms with E-state index in [0.29, 0.717) is 0 Å². The fourth-order valence-corrected chi connectivity index (χ4v) is 1.79. The molecular formula is C11H23NO. The van der Waals surface area contributed by atoms with Crippen molar-refractivity contribution in [1.82, 2.24) is 5.32 Å². The average molecular weight is 185 g/mol. The van der Waals surface area contributed by atoms with Crippen molar-refractivity contribution in [2.24, 2.45) is 5.92 Å². The maximum absolute atomic E-state index is 5.27. The van der Waals surface area contributed by atoms with E-state index in [2.05, 4.69) is 12.2 Å². The van der Waals surface area contributed by atoms with Gasteiger partial charge in [-0.25, -0.2) is 0 Å². The lowest BCUT2D eigenvalue weighted by atomic mass is 10.2. The maximum Gasteiger partial charge on any atom is 0.0477 e. The van der Waals surface area contributed by atoms with Gasteiger partial charge in [0.1, 0.15) is 0 Å². The third-order valence-corrected chi connectivity index (χ3v) is 2.66. The summed E-state index contributed by atoms with van der Waals surface area (Å²) in [6, 6.07) is 0.835. The van der Waals surface area contributed by atoms with Crippen LogP contribution in [0.15, 0.2) is 0 Å². The Morgan fingerprint density at radius 2 is 2.23 bits per heavy atom. The molecule has 2 heteroatoms. The van der Waals surface area contributed by atoms with Crippen LogP contribution < -0.4 is 5.32 Å². The molecule has 1 N–H and O–H groups in total. The highest BCUT2D eigenvalue weighted by molar-refractivity contribution is 4.92. The maximum atomic E-state index is 5.27. The molecule has 13 heavy (non-hydrogen) atoms. The van der Waals surface area contributed by atoms with Crippen molar-refractivity contribution in [2.75, 3.05) is 19.8 Å². The van der Waals surface area contributed by atoms with E-state index >= 15 is 0 Å². The van der Waals surface area contributed by atoms with Gasteiger partial charge in [0, 0.05) is 19.3 Å². The van der Waals surface area contributed by atoms with Crippen LogP contribution in [0.1, 0.15) is 39.5 Å². The number of rotatable bonds is 8. The first kappa shape index (κ1) is 11.0. The summed E-state index contributed by atoms with van der Waals surface area (Å²) in [4.78, 5) is 0. The van der Waals surface area contributed by atoms with Gasteiger partial charge in [0.05, 0.1) is 0 Å². The smallest absolute Gasteiger partial charge is 0.0477 e. The standard InChI is InChI=1S/C11H23NO/c1-3-6-10-9-11(10)12-7-5-8-13-4-2/h10-12H,3-9H2,1-2H3. The van der Waals surface area contributed by atoms with E-state index in [1.54, 1.807) is 0 Å². The van der Waals surface area contributed by atoms with E-state index in [-0.39, 0.29) is 0 Å².